The molecule has 7 heteroatoms. The van der Waals surface area contributed by atoms with Crippen LogP contribution in [0, 0.1) is 0 Å². The van der Waals surface area contributed by atoms with Gasteiger partial charge in [-0.3, -0.25) is 4.79 Å². The third-order valence-corrected chi connectivity index (χ3v) is 1.86. The summed E-state index contributed by atoms with van der Waals surface area (Å²) >= 11 is 0. The fourth-order valence-corrected chi connectivity index (χ4v) is 0.961. The molecule has 0 aliphatic carbocycles. The lowest BCUT2D eigenvalue weighted by Gasteiger charge is -2.06. The van der Waals surface area contributed by atoms with Crippen molar-refractivity contribution in [3.8, 4) is 0 Å². The van der Waals surface area contributed by atoms with E-state index in [9.17, 15) is 4.79 Å². The Morgan fingerprint density at radius 2 is 1.33 bits per heavy atom. The smallest absolute Gasteiger partial charge is 0.245 e. The number of rotatable bonds is 13. The van der Waals surface area contributed by atoms with Crippen molar-refractivity contribution in [1.29, 1.82) is 0 Å². The molecule has 0 unspecified atom stereocenters. The summed E-state index contributed by atoms with van der Waals surface area (Å²) < 4.78 is 20.5. The lowest BCUT2D eigenvalue weighted by Crippen LogP contribution is -2.24. The molecule has 1 amide bonds. The van der Waals surface area contributed by atoms with Crippen LogP contribution in [0.5, 0.6) is 0 Å². The lowest BCUT2D eigenvalue weighted by molar-refractivity contribution is -0.125. The Bertz CT molecular complexity index is 190. The van der Waals surface area contributed by atoms with Crippen LogP contribution < -0.4 is 5.32 Å². The van der Waals surface area contributed by atoms with Crippen LogP contribution in [0.25, 0.3) is 0 Å². The highest BCUT2D eigenvalue weighted by atomic mass is 16.6. The van der Waals surface area contributed by atoms with Crippen LogP contribution in [-0.4, -0.2) is 77.5 Å². The van der Waals surface area contributed by atoms with Gasteiger partial charge in [0.15, 0.2) is 0 Å². The summed E-state index contributed by atoms with van der Waals surface area (Å²) in [7, 11) is 1.56. The number of likely N-dealkylation sites (N-methyl/N-ethyl adjacent to an activating group) is 1. The SMILES string of the molecule is CNC(=O)COCCOCCOCCOCCO. The number of aliphatic hydroxyl groups excluding tert-OH is 1. The number of hydrogen-bond acceptors (Lipinski definition) is 6. The van der Waals surface area contributed by atoms with E-state index in [1.54, 1.807) is 7.05 Å². The van der Waals surface area contributed by atoms with Gasteiger partial charge in [0, 0.05) is 7.05 Å². The molecule has 0 heterocycles. The normalized spacial score (nSPS) is 10.6. The minimum atomic E-state index is -0.152. The van der Waals surface area contributed by atoms with Crippen molar-refractivity contribution in [2.45, 2.75) is 0 Å². The molecule has 0 atom stereocenters. The first-order chi connectivity index (χ1) is 8.81. The molecule has 0 radical (unpaired) electrons. The molecule has 7 nitrogen and oxygen atoms in total. The maximum atomic E-state index is 10.8. The van der Waals surface area contributed by atoms with Crippen molar-refractivity contribution >= 4 is 5.91 Å². The first-order valence-corrected chi connectivity index (χ1v) is 5.93. The molecule has 0 rings (SSSR count). The molecule has 0 aromatic heterocycles. The molecule has 0 saturated carbocycles. The standard InChI is InChI=1S/C11H23NO6/c1-12-11(14)10-18-9-8-17-7-6-16-5-4-15-3-2-13/h13H,2-10H2,1H3,(H,12,14). The van der Waals surface area contributed by atoms with Gasteiger partial charge in [0.2, 0.25) is 5.91 Å². The molecule has 0 bridgehead atoms. The fraction of sp³-hybridized carbons (Fsp3) is 0.909. The molecule has 0 fully saturated rings. The van der Waals surface area contributed by atoms with Gasteiger partial charge in [-0.15, -0.1) is 0 Å². The molecule has 0 aliphatic rings. The van der Waals surface area contributed by atoms with Gasteiger partial charge in [0.05, 0.1) is 52.9 Å². The Morgan fingerprint density at radius 3 is 1.78 bits per heavy atom. The lowest BCUT2D eigenvalue weighted by atomic mass is 10.6. The van der Waals surface area contributed by atoms with Crippen molar-refractivity contribution in [2.24, 2.45) is 0 Å². The second-order valence-electron chi connectivity index (χ2n) is 3.29. The number of carbonyl (C=O) groups is 1. The van der Waals surface area contributed by atoms with E-state index in [2.05, 4.69) is 5.32 Å². The summed E-state index contributed by atoms with van der Waals surface area (Å²) in [6, 6.07) is 0. The van der Waals surface area contributed by atoms with E-state index < -0.39 is 0 Å². The highest BCUT2D eigenvalue weighted by Crippen LogP contribution is 1.82. The van der Waals surface area contributed by atoms with Crippen molar-refractivity contribution in [1.82, 2.24) is 5.32 Å². The zero-order valence-corrected chi connectivity index (χ0v) is 10.9. The van der Waals surface area contributed by atoms with Crippen LogP contribution in [0.2, 0.25) is 0 Å². The molecule has 108 valence electrons. The number of aliphatic hydroxyl groups is 1. The number of nitrogens with one attached hydrogen (secondary N) is 1. The molecule has 18 heavy (non-hydrogen) atoms. The Morgan fingerprint density at radius 1 is 0.889 bits per heavy atom. The predicted octanol–water partition coefficient (Wildman–Crippen LogP) is -1.21. The zero-order valence-electron chi connectivity index (χ0n) is 10.9. The van der Waals surface area contributed by atoms with Gasteiger partial charge in [-0.1, -0.05) is 0 Å². The van der Waals surface area contributed by atoms with Gasteiger partial charge >= 0.3 is 0 Å². The van der Waals surface area contributed by atoms with E-state index in [0.29, 0.717) is 46.2 Å². The Hall–Kier alpha value is -0.730. The number of hydrogen-bond donors (Lipinski definition) is 2. The van der Waals surface area contributed by atoms with Crippen LogP contribution in [0.15, 0.2) is 0 Å². The van der Waals surface area contributed by atoms with E-state index in [1.165, 1.54) is 0 Å². The van der Waals surface area contributed by atoms with Crippen LogP contribution in [0.3, 0.4) is 0 Å². The van der Waals surface area contributed by atoms with Gasteiger partial charge in [0.1, 0.15) is 6.61 Å². The summed E-state index contributed by atoms with van der Waals surface area (Å²) in [5.41, 5.74) is 0. The summed E-state index contributed by atoms with van der Waals surface area (Å²) in [5, 5.41) is 10.9. The van der Waals surface area contributed by atoms with Crippen LogP contribution in [0.4, 0.5) is 0 Å². The summed E-state index contributed by atoms with van der Waals surface area (Å²) in [4.78, 5) is 10.8. The third-order valence-electron chi connectivity index (χ3n) is 1.86. The Balaban J connectivity index is 2.97. The monoisotopic (exact) mass is 265 g/mol. The van der Waals surface area contributed by atoms with Gasteiger partial charge < -0.3 is 29.4 Å². The van der Waals surface area contributed by atoms with Crippen molar-refractivity contribution < 1.29 is 28.8 Å². The highest BCUT2D eigenvalue weighted by molar-refractivity contribution is 5.76. The minimum Gasteiger partial charge on any atom is -0.394 e. The zero-order chi connectivity index (χ0) is 13.5. The first kappa shape index (κ1) is 17.3. The Labute approximate surface area is 107 Å². The van der Waals surface area contributed by atoms with Gasteiger partial charge in [-0.25, -0.2) is 0 Å². The van der Waals surface area contributed by atoms with Gasteiger partial charge in [-0.2, -0.15) is 0 Å². The van der Waals surface area contributed by atoms with Gasteiger partial charge in [-0.05, 0) is 0 Å². The average molecular weight is 265 g/mol. The molecular weight excluding hydrogens is 242 g/mol. The third kappa shape index (κ3) is 13.3. The van der Waals surface area contributed by atoms with Crippen molar-refractivity contribution in [3.05, 3.63) is 0 Å². The quantitative estimate of drug-likeness (QED) is 0.406. The molecule has 2 N–H and O–H groups in total. The van der Waals surface area contributed by atoms with Crippen molar-refractivity contribution in [2.75, 3.05) is 66.5 Å². The molecule has 0 aliphatic heterocycles. The summed E-state index contributed by atoms with van der Waals surface area (Å²) in [6.07, 6.45) is 0. The topological polar surface area (TPSA) is 86.3 Å². The molecule has 0 aromatic carbocycles. The van der Waals surface area contributed by atoms with E-state index in [1.807, 2.05) is 0 Å². The second-order valence-corrected chi connectivity index (χ2v) is 3.29. The second kappa shape index (κ2) is 14.3. The molecule has 0 spiro atoms. The molecule has 0 saturated heterocycles. The van der Waals surface area contributed by atoms with Crippen LogP contribution >= 0.6 is 0 Å². The maximum absolute atomic E-state index is 10.8. The number of ether oxygens (including phenoxy) is 4. The largest absolute Gasteiger partial charge is 0.394 e. The van der Waals surface area contributed by atoms with E-state index in [-0.39, 0.29) is 19.1 Å². The highest BCUT2D eigenvalue weighted by Gasteiger charge is 1.96. The fourth-order valence-electron chi connectivity index (χ4n) is 0.961. The number of amides is 1. The maximum Gasteiger partial charge on any atom is 0.245 e. The summed E-state index contributed by atoms with van der Waals surface area (Å²) in [6.45, 7) is 3.14. The summed E-state index contributed by atoms with van der Waals surface area (Å²) in [5.74, 6) is -0.152. The average Bonchev–Trinajstić information content (AvgIpc) is 2.39. The minimum absolute atomic E-state index is 0.0269. The molecular formula is C11H23NO6. The molecule has 0 aromatic rings. The van der Waals surface area contributed by atoms with Crippen LogP contribution in [0.1, 0.15) is 0 Å². The Kier molecular flexibility index (Phi) is 13.8. The van der Waals surface area contributed by atoms with E-state index in [0.717, 1.165) is 0 Å². The van der Waals surface area contributed by atoms with E-state index >= 15 is 0 Å². The van der Waals surface area contributed by atoms with Crippen molar-refractivity contribution in [3.63, 3.8) is 0 Å². The van der Waals surface area contributed by atoms with Gasteiger partial charge in [0.25, 0.3) is 0 Å². The predicted molar refractivity (Wildman–Crippen MR) is 64.4 cm³/mol. The van der Waals surface area contributed by atoms with E-state index in [4.69, 9.17) is 24.1 Å². The first-order valence-electron chi connectivity index (χ1n) is 5.93. The number of carbonyl (C=O) groups excluding carboxylic acids is 1. The van der Waals surface area contributed by atoms with Crippen LogP contribution in [-0.2, 0) is 23.7 Å².